The first kappa shape index (κ1) is 18.6. The number of esters is 1. The van der Waals surface area contributed by atoms with Crippen molar-refractivity contribution in [2.24, 2.45) is 0 Å². The fourth-order valence-corrected chi connectivity index (χ4v) is 3.39. The molecule has 4 rings (SSSR count). The van der Waals surface area contributed by atoms with Crippen molar-refractivity contribution in [3.8, 4) is 0 Å². The molecule has 2 aromatic carbocycles. The van der Waals surface area contributed by atoms with E-state index >= 15 is 0 Å². The molecule has 1 N–H and O–H groups in total. The highest BCUT2D eigenvalue weighted by atomic mass is 16.5. The number of nitrogens with zero attached hydrogens (tertiary/aromatic N) is 1. The number of hydrogen-bond acceptors (Lipinski definition) is 5. The van der Waals surface area contributed by atoms with E-state index in [0.29, 0.717) is 11.3 Å². The van der Waals surface area contributed by atoms with Crippen LogP contribution in [0.4, 0.5) is 5.69 Å². The minimum absolute atomic E-state index is 0.191. The number of amides is 2. The van der Waals surface area contributed by atoms with Crippen LogP contribution in [0.25, 0.3) is 10.9 Å². The van der Waals surface area contributed by atoms with Gasteiger partial charge in [0.05, 0.1) is 11.3 Å². The molecule has 0 spiro atoms. The van der Waals surface area contributed by atoms with E-state index in [1.807, 2.05) is 24.3 Å². The Morgan fingerprint density at radius 2 is 1.66 bits per heavy atom. The number of Topliss-reactive ketones (excluding diaryl/α,β-unsaturated/α-hetero) is 1. The third-order valence-electron chi connectivity index (χ3n) is 4.92. The summed E-state index contributed by atoms with van der Waals surface area (Å²) in [5.74, 6) is -1.48. The molecule has 2 heterocycles. The molecule has 29 heavy (non-hydrogen) atoms. The second-order valence-corrected chi connectivity index (χ2v) is 6.83. The molecule has 1 saturated heterocycles. The van der Waals surface area contributed by atoms with Gasteiger partial charge < -0.3 is 9.72 Å². The number of aromatic amines is 1. The molecule has 7 nitrogen and oxygen atoms in total. The molecule has 3 aromatic rings. The van der Waals surface area contributed by atoms with Gasteiger partial charge in [-0.05, 0) is 37.3 Å². The maximum atomic E-state index is 12.7. The summed E-state index contributed by atoms with van der Waals surface area (Å²) in [6.45, 7) is 1.53. The average molecular weight is 390 g/mol. The molecule has 0 unspecified atom stereocenters. The van der Waals surface area contributed by atoms with Crippen LogP contribution in [-0.2, 0) is 14.3 Å². The van der Waals surface area contributed by atoms with Crippen molar-refractivity contribution in [3.63, 3.8) is 0 Å². The standard InChI is InChI=1S/C22H18N2O5/c1-13(21(27)17-12-23-18-5-3-2-4-16(17)18)29-22(28)14-6-8-15(9-7-14)24-19(25)10-11-20(24)26/h2-9,12-13,23H,10-11H2,1H3/t13-/m1/s1. The largest absolute Gasteiger partial charge is 0.451 e. The summed E-state index contributed by atoms with van der Waals surface area (Å²) in [5, 5.41) is 0.768. The van der Waals surface area contributed by atoms with Gasteiger partial charge in [-0.3, -0.25) is 19.3 Å². The van der Waals surface area contributed by atoms with Crippen LogP contribution in [0.15, 0.2) is 54.7 Å². The van der Waals surface area contributed by atoms with Gasteiger partial charge in [0.15, 0.2) is 6.10 Å². The summed E-state index contributed by atoms with van der Waals surface area (Å²) in [6.07, 6.45) is 1.02. The van der Waals surface area contributed by atoms with Crippen molar-refractivity contribution in [2.75, 3.05) is 4.90 Å². The first-order valence-electron chi connectivity index (χ1n) is 9.23. The van der Waals surface area contributed by atoms with E-state index < -0.39 is 12.1 Å². The third kappa shape index (κ3) is 3.42. The van der Waals surface area contributed by atoms with Crippen molar-refractivity contribution < 1.29 is 23.9 Å². The number of ether oxygens (including phenoxy) is 1. The van der Waals surface area contributed by atoms with E-state index in [1.54, 1.807) is 6.20 Å². The second kappa shape index (κ2) is 7.35. The number of aromatic nitrogens is 1. The number of fused-ring (bicyclic) bond motifs is 1. The fourth-order valence-electron chi connectivity index (χ4n) is 3.39. The second-order valence-electron chi connectivity index (χ2n) is 6.83. The van der Waals surface area contributed by atoms with Crippen LogP contribution in [0, 0.1) is 0 Å². The summed E-state index contributed by atoms with van der Waals surface area (Å²) < 4.78 is 5.33. The number of rotatable bonds is 5. The summed E-state index contributed by atoms with van der Waals surface area (Å²) in [7, 11) is 0. The average Bonchev–Trinajstić information content (AvgIpc) is 3.30. The summed E-state index contributed by atoms with van der Waals surface area (Å²) >= 11 is 0. The number of para-hydroxylation sites is 1. The molecule has 146 valence electrons. The number of hydrogen-bond donors (Lipinski definition) is 1. The lowest BCUT2D eigenvalue weighted by Crippen LogP contribution is -2.28. The van der Waals surface area contributed by atoms with Crippen LogP contribution in [0.3, 0.4) is 0 Å². The molecule has 0 saturated carbocycles. The number of imide groups is 1. The first-order valence-corrected chi connectivity index (χ1v) is 9.23. The van der Waals surface area contributed by atoms with Crippen molar-refractivity contribution in [2.45, 2.75) is 25.9 Å². The summed E-state index contributed by atoms with van der Waals surface area (Å²) in [5.41, 5.74) is 1.93. The Bertz CT molecular complexity index is 1110. The first-order chi connectivity index (χ1) is 14.0. The quantitative estimate of drug-likeness (QED) is 0.410. The van der Waals surface area contributed by atoms with Gasteiger partial charge in [-0.15, -0.1) is 0 Å². The molecule has 1 atom stereocenters. The molecule has 0 radical (unpaired) electrons. The zero-order chi connectivity index (χ0) is 20.5. The van der Waals surface area contributed by atoms with Gasteiger partial charge in [-0.2, -0.15) is 0 Å². The predicted molar refractivity (Wildman–Crippen MR) is 106 cm³/mol. The molecule has 0 bridgehead atoms. The van der Waals surface area contributed by atoms with Gasteiger partial charge in [0.1, 0.15) is 0 Å². The van der Waals surface area contributed by atoms with Gasteiger partial charge in [0.2, 0.25) is 17.6 Å². The van der Waals surface area contributed by atoms with Crippen molar-refractivity contribution in [3.05, 3.63) is 65.9 Å². The molecular formula is C22H18N2O5. The lowest BCUT2D eigenvalue weighted by molar-refractivity contribution is -0.121. The number of anilines is 1. The Kier molecular flexibility index (Phi) is 4.72. The van der Waals surface area contributed by atoms with E-state index in [4.69, 9.17) is 4.74 Å². The maximum Gasteiger partial charge on any atom is 0.338 e. The predicted octanol–water partition coefficient (Wildman–Crippen LogP) is 3.25. The summed E-state index contributed by atoms with van der Waals surface area (Å²) in [4.78, 5) is 52.9. The van der Waals surface area contributed by atoms with Gasteiger partial charge in [0, 0.05) is 35.5 Å². The normalized spacial score (nSPS) is 15.0. The SMILES string of the molecule is C[C@@H](OC(=O)c1ccc(N2C(=O)CCC2=O)cc1)C(=O)c1c[nH]c2ccccc12. The molecule has 2 amide bonds. The molecule has 7 heteroatoms. The van der Waals surface area contributed by atoms with Crippen LogP contribution < -0.4 is 4.90 Å². The number of benzene rings is 2. The smallest absolute Gasteiger partial charge is 0.338 e. The molecule has 1 fully saturated rings. The van der Waals surface area contributed by atoms with Crippen LogP contribution in [0.1, 0.15) is 40.5 Å². The van der Waals surface area contributed by atoms with Gasteiger partial charge in [-0.1, -0.05) is 18.2 Å². The highest BCUT2D eigenvalue weighted by Gasteiger charge is 2.30. The highest BCUT2D eigenvalue weighted by Crippen LogP contribution is 2.24. The Balaban J connectivity index is 1.46. The van der Waals surface area contributed by atoms with Crippen molar-refractivity contribution >= 4 is 40.2 Å². The molecule has 1 aromatic heterocycles. The number of H-pyrrole nitrogens is 1. The van der Waals surface area contributed by atoms with Crippen LogP contribution in [0.2, 0.25) is 0 Å². The fraction of sp³-hybridized carbons (Fsp3) is 0.182. The Labute approximate surface area is 166 Å². The zero-order valence-electron chi connectivity index (χ0n) is 15.7. The number of nitrogens with one attached hydrogen (secondary N) is 1. The van der Waals surface area contributed by atoms with Crippen LogP contribution >= 0.6 is 0 Å². The van der Waals surface area contributed by atoms with E-state index in [1.165, 1.54) is 31.2 Å². The minimum Gasteiger partial charge on any atom is -0.451 e. The van der Waals surface area contributed by atoms with Gasteiger partial charge >= 0.3 is 5.97 Å². The topological polar surface area (TPSA) is 96.5 Å². The minimum atomic E-state index is -0.969. The molecule has 1 aliphatic heterocycles. The van der Waals surface area contributed by atoms with Gasteiger partial charge in [-0.25, -0.2) is 4.79 Å². The van der Waals surface area contributed by atoms with Crippen LogP contribution in [0.5, 0.6) is 0 Å². The summed E-state index contributed by atoms with van der Waals surface area (Å²) in [6, 6.07) is 13.4. The number of carbonyl (C=O) groups is 4. The molecular weight excluding hydrogens is 372 g/mol. The van der Waals surface area contributed by atoms with Crippen molar-refractivity contribution in [1.82, 2.24) is 4.98 Å². The van der Waals surface area contributed by atoms with E-state index in [-0.39, 0.29) is 36.0 Å². The number of carbonyl (C=O) groups excluding carboxylic acids is 4. The van der Waals surface area contributed by atoms with E-state index in [9.17, 15) is 19.2 Å². The Morgan fingerprint density at radius 3 is 2.34 bits per heavy atom. The number of ketones is 1. The Hall–Kier alpha value is -3.74. The molecule has 1 aliphatic rings. The highest BCUT2D eigenvalue weighted by molar-refractivity contribution is 6.19. The van der Waals surface area contributed by atoms with Gasteiger partial charge in [0.25, 0.3) is 0 Å². The van der Waals surface area contributed by atoms with Crippen LogP contribution in [-0.4, -0.2) is 34.7 Å². The zero-order valence-corrected chi connectivity index (χ0v) is 15.7. The Morgan fingerprint density at radius 1 is 1.00 bits per heavy atom. The van der Waals surface area contributed by atoms with E-state index in [0.717, 1.165) is 15.8 Å². The lowest BCUT2D eigenvalue weighted by atomic mass is 10.1. The monoisotopic (exact) mass is 390 g/mol. The lowest BCUT2D eigenvalue weighted by Gasteiger charge is -2.15. The molecule has 0 aliphatic carbocycles. The maximum absolute atomic E-state index is 12.7. The van der Waals surface area contributed by atoms with Crippen molar-refractivity contribution in [1.29, 1.82) is 0 Å². The van der Waals surface area contributed by atoms with E-state index in [2.05, 4.69) is 4.98 Å². The third-order valence-corrected chi connectivity index (χ3v) is 4.92.